The van der Waals surface area contributed by atoms with Crippen molar-refractivity contribution in [2.75, 3.05) is 7.11 Å². The lowest BCUT2D eigenvalue weighted by atomic mass is 10.0. The number of aromatic nitrogens is 3. The summed E-state index contributed by atoms with van der Waals surface area (Å²) in [5.41, 5.74) is 2.03. The lowest BCUT2D eigenvalue weighted by Gasteiger charge is -2.11. The van der Waals surface area contributed by atoms with Crippen molar-refractivity contribution in [1.82, 2.24) is 14.5 Å². The summed E-state index contributed by atoms with van der Waals surface area (Å²) in [4.78, 5) is 8.44. The van der Waals surface area contributed by atoms with Gasteiger partial charge in [-0.2, -0.15) is 0 Å². The van der Waals surface area contributed by atoms with Crippen LogP contribution in [0.3, 0.4) is 0 Å². The molecule has 0 bridgehead atoms. The average Bonchev–Trinajstić information content (AvgIpc) is 2.95. The molecule has 6 heteroatoms. The van der Waals surface area contributed by atoms with Crippen LogP contribution in [0.2, 0.25) is 0 Å². The van der Waals surface area contributed by atoms with Crippen LogP contribution in [-0.4, -0.2) is 21.6 Å². The second-order valence-electron chi connectivity index (χ2n) is 5.13. The first-order valence-electron chi connectivity index (χ1n) is 7.04. The molecule has 0 amide bonds. The van der Waals surface area contributed by atoms with Crippen LogP contribution in [0.25, 0.3) is 11.1 Å². The van der Waals surface area contributed by atoms with Crippen molar-refractivity contribution in [3.05, 3.63) is 65.9 Å². The number of halogens is 2. The van der Waals surface area contributed by atoms with E-state index in [9.17, 15) is 8.78 Å². The van der Waals surface area contributed by atoms with Crippen LogP contribution in [0.15, 0.2) is 42.9 Å². The number of pyridine rings is 1. The van der Waals surface area contributed by atoms with Crippen LogP contribution in [0.4, 0.5) is 8.78 Å². The van der Waals surface area contributed by atoms with Gasteiger partial charge in [0.25, 0.3) is 0 Å². The SMILES string of the molecule is COc1ncc(Cn2ccnc2C)cc1-c1ccc(F)c(F)c1. The molecule has 0 saturated heterocycles. The monoisotopic (exact) mass is 315 g/mol. The van der Waals surface area contributed by atoms with Gasteiger partial charge in [0.15, 0.2) is 11.6 Å². The Bertz CT molecular complexity index is 846. The zero-order chi connectivity index (χ0) is 16.4. The highest BCUT2D eigenvalue weighted by Gasteiger charge is 2.12. The van der Waals surface area contributed by atoms with Crippen LogP contribution in [0.5, 0.6) is 5.88 Å². The topological polar surface area (TPSA) is 39.9 Å². The van der Waals surface area contributed by atoms with Gasteiger partial charge in [0.2, 0.25) is 5.88 Å². The van der Waals surface area contributed by atoms with Gasteiger partial charge >= 0.3 is 0 Å². The minimum atomic E-state index is -0.902. The summed E-state index contributed by atoms with van der Waals surface area (Å²) in [6, 6.07) is 5.60. The first-order chi connectivity index (χ1) is 11.1. The highest BCUT2D eigenvalue weighted by molar-refractivity contribution is 5.69. The average molecular weight is 315 g/mol. The van der Waals surface area contributed by atoms with Gasteiger partial charge in [-0.15, -0.1) is 0 Å². The molecule has 4 nitrogen and oxygen atoms in total. The minimum absolute atomic E-state index is 0.363. The molecule has 0 aliphatic heterocycles. The predicted molar refractivity (Wildman–Crippen MR) is 82.2 cm³/mol. The van der Waals surface area contributed by atoms with Crippen LogP contribution in [0, 0.1) is 18.6 Å². The lowest BCUT2D eigenvalue weighted by molar-refractivity contribution is 0.399. The summed E-state index contributed by atoms with van der Waals surface area (Å²) in [6.45, 7) is 2.49. The molecule has 0 saturated carbocycles. The quantitative estimate of drug-likeness (QED) is 0.739. The maximum atomic E-state index is 13.5. The number of hydrogen-bond donors (Lipinski definition) is 0. The molecule has 0 fully saturated rings. The van der Waals surface area contributed by atoms with Crippen molar-refractivity contribution >= 4 is 0 Å². The minimum Gasteiger partial charge on any atom is -0.481 e. The number of aryl methyl sites for hydroxylation is 1. The third kappa shape index (κ3) is 3.06. The number of ether oxygens (including phenoxy) is 1. The summed E-state index contributed by atoms with van der Waals surface area (Å²) in [5.74, 6) is -0.538. The van der Waals surface area contributed by atoms with Gasteiger partial charge in [-0.3, -0.25) is 0 Å². The first-order valence-corrected chi connectivity index (χ1v) is 7.04. The predicted octanol–water partition coefficient (Wildman–Crippen LogP) is 3.59. The van der Waals surface area contributed by atoms with Gasteiger partial charge in [0.1, 0.15) is 5.82 Å². The Labute approximate surface area is 132 Å². The Morgan fingerprint density at radius 1 is 1.13 bits per heavy atom. The normalized spacial score (nSPS) is 10.8. The molecule has 2 heterocycles. The van der Waals surface area contributed by atoms with Gasteiger partial charge < -0.3 is 9.30 Å². The van der Waals surface area contributed by atoms with Crippen molar-refractivity contribution in [3.8, 4) is 17.0 Å². The number of imidazole rings is 1. The van der Waals surface area contributed by atoms with Gasteiger partial charge in [-0.05, 0) is 36.2 Å². The van der Waals surface area contributed by atoms with E-state index in [0.29, 0.717) is 23.6 Å². The molecule has 0 spiro atoms. The molecule has 3 rings (SSSR count). The van der Waals surface area contributed by atoms with E-state index in [-0.39, 0.29) is 0 Å². The molecule has 2 aromatic heterocycles. The summed E-state index contributed by atoms with van der Waals surface area (Å²) < 4.78 is 33.9. The molecule has 0 aliphatic rings. The fourth-order valence-corrected chi connectivity index (χ4v) is 2.38. The van der Waals surface area contributed by atoms with E-state index < -0.39 is 11.6 Å². The fraction of sp³-hybridized carbons (Fsp3) is 0.176. The molecule has 0 unspecified atom stereocenters. The molecule has 1 aromatic carbocycles. The maximum Gasteiger partial charge on any atom is 0.221 e. The largest absolute Gasteiger partial charge is 0.481 e. The summed E-state index contributed by atoms with van der Waals surface area (Å²) >= 11 is 0. The van der Waals surface area contributed by atoms with Crippen molar-refractivity contribution in [2.45, 2.75) is 13.5 Å². The summed E-state index contributed by atoms with van der Waals surface area (Å²) in [5, 5.41) is 0. The fourth-order valence-electron chi connectivity index (χ4n) is 2.38. The zero-order valence-corrected chi connectivity index (χ0v) is 12.8. The molecular weight excluding hydrogens is 300 g/mol. The van der Waals surface area contributed by atoms with E-state index in [1.807, 2.05) is 23.8 Å². The smallest absolute Gasteiger partial charge is 0.221 e. The molecule has 118 valence electrons. The molecular formula is C17H15F2N3O. The maximum absolute atomic E-state index is 13.5. The number of nitrogens with zero attached hydrogens (tertiary/aromatic N) is 3. The van der Waals surface area contributed by atoms with Crippen molar-refractivity contribution in [2.24, 2.45) is 0 Å². The standard InChI is InChI=1S/C17H15F2N3O/c1-11-20-5-6-22(11)10-12-7-14(17(23-2)21-9-12)13-3-4-15(18)16(19)8-13/h3-9H,10H2,1-2H3. The van der Waals surface area contributed by atoms with E-state index in [2.05, 4.69) is 9.97 Å². The van der Waals surface area contributed by atoms with E-state index in [0.717, 1.165) is 23.5 Å². The Morgan fingerprint density at radius 3 is 2.61 bits per heavy atom. The number of hydrogen-bond acceptors (Lipinski definition) is 3. The van der Waals surface area contributed by atoms with Crippen molar-refractivity contribution in [1.29, 1.82) is 0 Å². The van der Waals surface area contributed by atoms with E-state index in [1.165, 1.54) is 13.2 Å². The Hall–Kier alpha value is -2.76. The Balaban J connectivity index is 2.02. The molecule has 0 radical (unpaired) electrons. The van der Waals surface area contributed by atoms with Gasteiger partial charge in [-0.25, -0.2) is 18.7 Å². The van der Waals surface area contributed by atoms with Crippen LogP contribution < -0.4 is 4.74 Å². The second kappa shape index (κ2) is 6.16. The third-order valence-electron chi connectivity index (χ3n) is 3.61. The second-order valence-corrected chi connectivity index (χ2v) is 5.13. The van der Waals surface area contributed by atoms with Crippen molar-refractivity contribution < 1.29 is 13.5 Å². The van der Waals surface area contributed by atoms with Crippen LogP contribution >= 0.6 is 0 Å². The highest BCUT2D eigenvalue weighted by Crippen LogP contribution is 2.30. The Kier molecular flexibility index (Phi) is 4.06. The zero-order valence-electron chi connectivity index (χ0n) is 12.8. The number of rotatable bonds is 4. The summed E-state index contributed by atoms with van der Waals surface area (Å²) in [7, 11) is 1.49. The van der Waals surface area contributed by atoms with Gasteiger partial charge in [-0.1, -0.05) is 6.07 Å². The van der Waals surface area contributed by atoms with E-state index >= 15 is 0 Å². The third-order valence-corrected chi connectivity index (χ3v) is 3.61. The lowest BCUT2D eigenvalue weighted by Crippen LogP contribution is -2.02. The molecule has 0 atom stereocenters. The number of methoxy groups -OCH3 is 1. The molecule has 0 N–H and O–H groups in total. The highest BCUT2D eigenvalue weighted by atomic mass is 19.2. The van der Waals surface area contributed by atoms with Gasteiger partial charge in [0, 0.05) is 24.2 Å². The number of benzene rings is 1. The molecule has 3 aromatic rings. The first kappa shape index (κ1) is 15.1. The van der Waals surface area contributed by atoms with E-state index in [1.54, 1.807) is 12.4 Å². The van der Waals surface area contributed by atoms with E-state index in [4.69, 9.17) is 4.74 Å². The Morgan fingerprint density at radius 2 is 1.96 bits per heavy atom. The summed E-state index contributed by atoms with van der Waals surface area (Å²) in [6.07, 6.45) is 5.29. The molecule has 23 heavy (non-hydrogen) atoms. The molecule has 0 aliphatic carbocycles. The van der Waals surface area contributed by atoms with Gasteiger partial charge in [0.05, 0.1) is 13.7 Å². The van der Waals surface area contributed by atoms with Crippen LogP contribution in [-0.2, 0) is 6.54 Å². The van der Waals surface area contributed by atoms with Crippen LogP contribution in [0.1, 0.15) is 11.4 Å². The van der Waals surface area contributed by atoms with Crippen molar-refractivity contribution in [3.63, 3.8) is 0 Å².